The summed E-state index contributed by atoms with van der Waals surface area (Å²) in [5.41, 5.74) is 5.72. The van der Waals surface area contributed by atoms with Crippen molar-refractivity contribution in [3.05, 3.63) is 11.7 Å². The molecule has 5 nitrogen and oxygen atoms in total. The highest BCUT2D eigenvalue weighted by atomic mass is 19.3. The Bertz CT molecular complexity index is 372. The third-order valence-corrected chi connectivity index (χ3v) is 2.83. The van der Waals surface area contributed by atoms with Crippen molar-refractivity contribution >= 4 is 0 Å². The van der Waals surface area contributed by atoms with Crippen LogP contribution in [0.15, 0.2) is 4.52 Å². The summed E-state index contributed by atoms with van der Waals surface area (Å²) in [6.07, 6.45) is -0.420. The van der Waals surface area contributed by atoms with E-state index in [1.54, 1.807) is 0 Å². The van der Waals surface area contributed by atoms with Crippen LogP contribution in [0.4, 0.5) is 8.78 Å². The Morgan fingerprint density at radius 1 is 1.35 bits per heavy atom. The third kappa shape index (κ3) is 6.91. The average molecular weight is 291 g/mol. The maximum absolute atomic E-state index is 11.9. The lowest BCUT2D eigenvalue weighted by atomic mass is 9.94. The van der Waals surface area contributed by atoms with Gasteiger partial charge in [0.2, 0.25) is 5.89 Å². The zero-order valence-electron chi connectivity index (χ0n) is 12.0. The first-order valence-electron chi connectivity index (χ1n) is 6.88. The summed E-state index contributed by atoms with van der Waals surface area (Å²) in [4.78, 5) is 4.22. The fourth-order valence-electron chi connectivity index (χ4n) is 1.99. The maximum Gasteiger partial charge on any atom is 0.261 e. The van der Waals surface area contributed by atoms with E-state index in [1.807, 2.05) is 0 Å². The molecule has 1 aromatic rings. The van der Waals surface area contributed by atoms with Crippen molar-refractivity contribution in [2.75, 3.05) is 19.8 Å². The van der Waals surface area contributed by atoms with Gasteiger partial charge in [0, 0.05) is 12.8 Å². The third-order valence-electron chi connectivity index (χ3n) is 2.83. The number of ether oxygens (including phenoxy) is 1. The van der Waals surface area contributed by atoms with Crippen molar-refractivity contribution < 1.29 is 18.0 Å². The number of hydrogen-bond acceptors (Lipinski definition) is 5. The summed E-state index contributed by atoms with van der Waals surface area (Å²) in [5.74, 6) is 1.91. The van der Waals surface area contributed by atoms with Crippen LogP contribution >= 0.6 is 0 Å². The van der Waals surface area contributed by atoms with Crippen LogP contribution < -0.4 is 5.73 Å². The quantitative estimate of drug-likeness (QED) is 0.668. The predicted molar refractivity (Wildman–Crippen MR) is 70.5 cm³/mol. The molecule has 0 aromatic carbocycles. The summed E-state index contributed by atoms with van der Waals surface area (Å²) in [6.45, 7) is 4.46. The summed E-state index contributed by atoms with van der Waals surface area (Å²) in [5, 5.41) is 3.80. The molecule has 0 aliphatic carbocycles. The smallest absolute Gasteiger partial charge is 0.261 e. The van der Waals surface area contributed by atoms with Gasteiger partial charge in [-0.05, 0) is 24.8 Å². The lowest BCUT2D eigenvalue weighted by Gasteiger charge is -2.14. The number of rotatable bonds is 10. The van der Waals surface area contributed by atoms with Crippen molar-refractivity contribution in [3.63, 3.8) is 0 Å². The molecule has 1 atom stereocenters. The molecule has 2 N–H and O–H groups in total. The molecular formula is C13H23F2N3O2. The molecule has 0 saturated carbocycles. The molecule has 20 heavy (non-hydrogen) atoms. The molecule has 1 aromatic heterocycles. The molecule has 1 rings (SSSR count). The summed E-state index contributed by atoms with van der Waals surface area (Å²) >= 11 is 0. The van der Waals surface area contributed by atoms with E-state index in [2.05, 4.69) is 24.0 Å². The van der Waals surface area contributed by atoms with Gasteiger partial charge in [0.05, 0.1) is 6.61 Å². The molecule has 0 radical (unpaired) electrons. The zero-order valence-corrected chi connectivity index (χ0v) is 12.0. The molecule has 0 spiro atoms. The lowest BCUT2D eigenvalue weighted by Crippen LogP contribution is -2.19. The molecule has 1 heterocycles. The standard InChI is InChI=1S/C13H23F2N3O2/c1-9(2)5-10(7-16)6-13-17-12(18-20-13)3-4-19-8-11(14)15/h9-11H,3-8,16H2,1-2H3/t10-/m0/s1. The molecular weight excluding hydrogens is 268 g/mol. The van der Waals surface area contributed by atoms with Gasteiger partial charge in [-0.25, -0.2) is 8.78 Å². The molecule has 0 amide bonds. The minimum atomic E-state index is -2.45. The van der Waals surface area contributed by atoms with Gasteiger partial charge in [0.1, 0.15) is 6.61 Å². The fourth-order valence-corrected chi connectivity index (χ4v) is 1.99. The lowest BCUT2D eigenvalue weighted by molar-refractivity contribution is 0.0182. The minimum Gasteiger partial charge on any atom is -0.375 e. The van der Waals surface area contributed by atoms with E-state index in [-0.39, 0.29) is 6.61 Å². The first-order chi connectivity index (χ1) is 9.51. The van der Waals surface area contributed by atoms with E-state index >= 15 is 0 Å². The second-order valence-electron chi connectivity index (χ2n) is 5.26. The van der Waals surface area contributed by atoms with Crippen LogP contribution in [0.1, 0.15) is 32.0 Å². The van der Waals surface area contributed by atoms with Crippen molar-refractivity contribution in [2.45, 2.75) is 39.5 Å². The zero-order chi connectivity index (χ0) is 15.0. The molecule has 0 aliphatic heterocycles. The summed E-state index contributed by atoms with van der Waals surface area (Å²) in [7, 11) is 0. The van der Waals surface area contributed by atoms with Crippen LogP contribution in [0.3, 0.4) is 0 Å². The van der Waals surface area contributed by atoms with Crippen LogP contribution in [-0.2, 0) is 17.6 Å². The monoisotopic (exact) mass is 291 g/mol. The minimum absolute atomic E-state index is 0.162. The Kier molecular flexibility index (Phi) is 7.61. The van der Waals surface area contributed by atoms with Crippen molar-refractivity contribution in [1.82, 2.24) is 10.1 Å². The summed E-state index contributed by atoms with van der Waals surface area (Å²) in [6, 6.07) is 0. The fraction of sp³-hybridized carbons (Fsp3) is 0.846. The van der Waals surface area contributed by atoms with E-state index in [4.69, 9.17) is 15.0 Å². The van der Waals surface area contributed by atoms with Gasteiger partial charge in [0.25, 0.3) is 6.43 Å². The highest BCUT2D eigenvalue weighted by Gasteiger charge is 2.15. The SMILES string of the molecule is CC(C)C[C@H](CN)Cc1nc(CCOCC(F)F)no1. The van der Waals surface area contributed by atoms with Gasteiger partial charge >= 0.3 is 0 Å². The van der Waals surface area contributed by atoms with Crippen molar-refractivity contribution in [1.29, 1.82) is 0 Å². The van der Waals surface area contributed by atoms with Crippen LogP contribution in [0, 0.1) is 11.8 Å². The Morgan fingerprint density at radius 3 is 2.70 bits per heavy atom. The molecule has 0 unspecified atom stereocenters. The van der Waals surface area contributed by atoms with Crippen LogP contribution in [0.5, 0.6) is 0 Å². The molecule has 0 fully saturated rings. The van der Waals surface area contributed by atoms with Crippen molar-refractivity contribution in [3.8, 4) is 0 Å². The number of halogens is 2. The molecule has 116 valence electrons. The topological polar surface area (TPSA) is 74.2 Å². The Hall–Kier alpha value is -1.08. The largest absolute Gasteiger partial charge is 0.375 e. The average Bonchev–Trinajstić information content (AvgIpc) is 2.80. The van der Waals surface area contributed by atoms with Crippen molar-refractivity contribution in [2.24, 2.45) is 17.6 Å². The van der Waals surface area contributed by atoms with Gasteiger partial charge in [-0.3, -0.25) is 0 Å². The maximum atomic E-state index is 11.9. The molecule has 0 saturated heterocycles. The normalized spacial score (nSPS) is 13.3. The van der Waals surface area contributed by atoms with E-state index in [0.717, 1.165) is 6.42 Å². The second-order valence-corrected chi connectivity index (χ2v) is 5.26. The predicted octanol–water partition coefficient (Wildman–Crippen LogP) is 2.06. The van der Waals surface area contributed by atoms with E-state index in [9.17, 15) is 8.78 Å². The van der Waals surface area contributed by atoms with Crippen LogP contribution in [0.25, 0.3) is 0 Å². The van der Waals surface area contributed by atoms with Gasteiger partial charge in [-0.2, -0.15) is 4.98 Å². The molecule has 0 aliphatic rings. The Balaban J connectivity index is 2.34. The first kappa shape index (κ1) is 17.0. The van der Waals surface area contributed by atoms with Crippen LogP contribution in [0.2, 0.25) is 0 Å². The summed E-state index contributed by atoms with van der Waals surface area (Å²) < 4.78 is 33.6. The number of hydrogen-bond donors (Lipinski definition) is 1. The van der Waals surface area contributed by atoms with E-state index < -0.39 is 13.0 Å². The van der Waals surface area contributed by atoms with Gasteiger partial charge in [-0.1, -0.05) is 19.0 Å². The number of alkyl halides is 2. The number of nitrogens with zero attached hydrogens (tertiary/aromatic N) is 2. The van der Waals surface area contributed by atoms with E-state index in [1.165, 1.54) is 0 Å². The van der Waals surface area contributed by atoms with E-state index in [0.29, 0.717) is 42.9 Å². The Morgan fingerprint density at radius 2 is 2.10 bits per heavy atom. The number of aromatic nitrogens is 2. The Labute approximate surface area is 117 Å². The second kappa shape index (κ2) is 8.97. The van der Waals surface area contributed by atoms with Gasteiger partial charge < -0.3 is 15.0 Å². The first-order valence-corrected chi connectivity index (χ1v) is 6.88. The molecule has 7 heteroatoms. The number of nitrogens with two attached hydrogens (primary N) is 1. The molecule has 0 bridgehead atoms. The highest BCUT2D eigenvalue weighted by Crippen LogP contribution is 2.15. The highest BCUT2D eigenvalue weighted by molar-refractivity contribution is 4.88. The van der Waals surface area contributed by atoms with Gasteiger partial charge in [-0.15, -0.1) is 0 Å². The van der Waals surface area contributed by atoms with Gasteiger partial charge in [0.15, 0.2) is 5.82 Å². The van der Waals surface area contributed by atoms with Crippen LogP contribution in [-0.4, -0.2) is 36.3 Å².